The van der Waals surface area contributed by atoms with Gasteiger partial charge in [0.05, 0.1) is 26.5 Å². The van der Waals surface area contributed by atoms with E-state index in [0.717, 1.165) is 0 Å². The molecule has 0 saturated heterocycles. The van der Waals surface area contributed by atoms with Gasteiger partial charge in [0.1, 0.15) is 5.56 Å². The molecule has 0 radical (unpaired) electrons. The first-order valence-corrected chi connectivity index (χ1v) is 7.43. The van der Waals surface area contributed by atoms with Crippen LogP contribution in [-0.4, -0.2) is 38.0 Å². The summed E-state index contributed by atoms with van der Waals surface area (Å²) in [5.74, 6) is 0.281. The van der Waals surface area contributed by atoms with Crippen LogP contribution >= 0.6 is 0 Å². The number of urea groups is 1. The minimum Gasteiger partial charge on any atom is -0.493 e. The lowest BCUT2D eigenvalue weighted by atomic mass is 10.2. The van der Waals surface area contributed by atoms with Crippen LogP contribution in [0.15, 0.2) is 22.7 Å². The fourth-order valence-electron chi connectivity index (χ4n) is 2.08. The molecule has 0 unspecified atom stereocenters. The standard InChI is InChI=1S/C16H19N3O6/c1-5-24-15(20)13-9(2)19-25-14(13)18-16(21)17-10-6-7-11(22-3)12(8-10)23-4/h6-8H,5H2,1-4H3,(H2,17,18,21). The van der Waals surface area contributed by atoms with Crippen LogP contribution in [0.3, 0.4) is 0 Å². The first-order valence-electron chi connectivity index (χ1n) is 7.43. The summed E-state index contributed by atoms with van der Waals surface area (Å²) in [6, 6.07) is 4.26. The molecule has 0 atom stereocenters. The van der Waals surface area contributed by atoms with Crippen LogP contribution in [0.4, 0.5) is 16.4 Å². The highest BCUT2D eigenvalue weighted by Gasteiger charge is 2.23. The van der Waals surface area contributed by atoms with Gasteiger partial charge < -0.3 is 24.1 Å². The zero-order valence-corrected chi connectivity index (χ0v) is 14.3. The lowest BCUT2D eigenvalue weighted by Crippen LogP contribution is -2.21. The molecule has 134 valence electrons. The van der Waals surface area contributed by atoms with Gasteiger partial charge in [0.25, 0.3) is 0 Å². The third-order valence-corrected chi connectivity index (χ3v) is 3.21. The maximum atomic E-state index is 12.1. The quantitative estimate of drug-likeness (QED) is 0.771. The van der Waals surface area contributed by atoms with E-state index in [0.29, 0.717) is 22.9 Å². The van der Waals surface area contributed by atoms with Crippen molar-refractivity contribution in [3.8, 4) is 11.5 Å². The summed E-state index contributed by atoms with van der Waals surface area (Å²) < 4.78 is 20.2. The van der Waals surface area contributed by atoms with Crippen molar-refractivity contribution in [2.75, 3.05) is 31.5 Å². The summed E-state index contributed by atoms with van der Waals surface area (Å²) in [7, 11) is 3.01. The van der Waals surface area contributed by atoms with Crippen LogP contribution in [0.5, 0.6) is 11.5 Å². The van der Waals surface area contributed by atoms with Gasteiger partial charge in [-0.25, -0.2) is 9.59 Å². The second kappa shape index (κ2) is 8.04. The average Bonchev–Trinajstić information content (AvgIpc) is 2.95. The predicted molar refractivity (Wildman–Crippen MR) is 89.4 cm³/mol. The predicted octanol–water partition coefficient (Wildman–Crippen LogP) is 2.82. The molecule has 1 heterocycles. The monoisotopic (exact) mass is 349 g/mol. The molecule has 2 rings (SSSR count). The van der Waals surface area contributed by atoms with E-state index in [1.165, 1.54) is 14.2 Å². The van der Waals surface area contributed by atoms with Crippen molar-refractivity contribution in [1.29, 1.82) is 0 Å². The number of esters is 1. The van der Waals surface area contributed by atoms with Gasteiger partial charge in [-0.15, -0.1) is 0 Å². The second-order valence-electron chi connectivity index (χ2n) is 4.84. The molecule has 2 amide bonds. The first-order chi connectivity index (χ1) is 12.0. The molecule has 0 aliphatic heterocycles. The largest absolute Gasteiger partial charge is 0.493 e. The summed E-state index contributed by atoms with van der Waals surface area (Å²) in [4.78, 5) is 24.1. The highest BCUT2D eigenvalue weighted by atomic mass is 16.5. The third kappa shape index (κ3) is 4.19. The Labute approximate surface area is 144 Å². The van der Waals surface area contributed by atoms with E-state index in [4.69, 9.17) is 18.7 Å². The summed E-state index contributed by atoms with van der Waals surface area (Å²) in [5, 5.41) is 8.71. The molecule has 0 aliphatic rings. The van der Waals surface area contributed by atoms with Crippen molar-refractivity contribution in [1.82, 2.24) is 5.16 Å². The average molecular weight is 349 g/mol. The summed E-state index contributed by atoms with van der Waals surface area (Å²) >= 11 is 0. The Balaban J connectivity index is 2.12. The molecule has 9 nitrogen and oxygen atoms in total. The molecule has 25 heavy (non-hydrogen) atoms. The second-order valence-corrected chi connectivity index (χ2v) is 4.84. The van der Waals surface area contributed by atoms with Gasteiger partial charge in [-0.1, -0.05) is 5.16 Å². The molecule has 0 fully saturated rings. The number of carbonyl (C=O) groups excluding carboxylic acids is 2. The maximum Gasteiger partial charge on any atom is 0.345 e. The number of aromatic nitrogens is 1. The topological polar surface area (TPSA) is 112 Å². The Kier molecular flexibility index (Phi) is 5.83. The van der Waals surface area contributed by atoms with Crippen LogP contribution < -0.4 is 20.1 Å². The van der Waals surface area contributed by atoms with Gasteiger partial charge in [-0.2, -0.15) is 0 Å². The summed E-state index contributed by atoms with van der Waals surface area (Å²) in [6.45, 7) is 3.45. The Bertz CT molecular complexity index is 771. The first kappa shape index (κ1) is 18.1. The molecule has 9 heteroatoms. The van der Waals surface area contributed by atoms with Crippen molar-refractivity contribution in [2.24, 2.45) is 0 Å². The van der Waals surface area contributed by atoms with Crippen LogP contribution in [0.2, 0.25) is 0 Å². The zero-order valence-electron chi connectivity index (χ0n) is 14.3. The molecular weight excluding hydrogens is 330 g/mol. The SMILES string of the molecule is CCOC(=O)c1c(C)noc1NC(=O)Nc1ccc(OC)c(OC)c1. The number of aryl methyl sites for hydroxylation is 1. The van der Waals surface area contributed by atoms with Crippen molar-refractivity contribution in [3.05, 3.63) is 29.5 Å². The smallest absolute Gasteiger partial charge is 0.345 e. The van der Waals surface area contributed by atoms with Crippen molar-refractivity contribution >= 4 is 23.6 Å². The van der Waals surface area contributed by atoms with Gasteiger partial charge in [-0.3, -0.25) is 5.32 Å². The van der Waals surface area contributed by atoms with Crippen molar-refractivity contribution in [2.45, 2.75) is 13.8 Å². The molecule has 1 aromatic carbocycles. The fraction of sp³-hybridized carbons (Fsp3) is 0.312. The summed E-state index contributed by atoms with van der Waals surface area (Å²) in [5.41, 5.74) is 0.855. The number of methoxy groups -OCH3 is 2. The zero-order chi connectivity index (χ0) is 18.4. The number of nitrogens with one attached hydrogen (secondary N) is 2. The highest BCUT2D eigenvalue weighted by Crippen LogP contribution is 2.30. The van der Waals surface area contributed by atoms with Crippen LogP contribution in [0, 0.1) is 6.92 Å². The van der Waals surface area contributed by atoms with Crippen LogP contribution in [0.25, 0.3) is 0 Å². The van der Waals surface area contributed by atoms with E-state index in [-0.39, 0.29) is 18.1 Å². The number of nitrogens with zero attached hydrogens (tertiary/aromatic N) is 1. The minimum atomic E-state index is -0.623. The van der Waals surface area contributed by atoms with Gasteiger partial charge in [0.2, 0.25) is 5.88 Å². The van der Waals surface area contributed by atoms with Crippen molar-refractivity contribution in [3.63, 3.8) is 0 Å². The van der Waals surface area contributed by atoms with E-state index in [1.54, 1.807) is 32.0 Å². The third-order valence-electron chi connectivity index (χ3n) is 3.21. The molecular formula is C16H19N3O6. The van der Waals surface area contributed by atoms with Crippen LogP contribution in [0.1, 0.15) is 23.0 Å². The minimum absolute atomic E-state index is 0.0734. The van der Waals surface area contributed by atoms with Gasteiger partial charge >= 0.3 is 12.0 Å². The molecule has 0 aliphatic carbocycles. The molecule has 0 saturated carbocycles. The number of amides is 2. The van der Waals surface area contributed by atoms with E-state index >= 15 is 0 Å². The maximum absolute atomic E-state index is 12.1. The summed E-state index contributed by atoms with van der Waals surface area (Å²) in [6.07, 6.45) is 0. The van der Waals surface area contributed by atoms with Gasteiger partial charge in [0, 0.05) is 11.8 Å². The van der Waals surface area contributed by atoms with E-state index < -0.39 is 12.0 Å². The van der Waals surface area contributed by atoms with Gasteiger partial charge in [-0.05, 0) is 26.0 Å². The Morgan fingerprint density at radius 3 is 2.52 bits per heavy atom. The molecule has 0 spiro atoms. The number of benzene rings is 1. The normalized spacial score (nSPS) is 10.1. The number of rotatable bonds is 6. The lowest BCUT2D eigenvalue weighted by Gasteiger charge is -2.10. The molecule has 2 aromatic rings. The number of hydrogen-bond acceptors (Lipinski definition) is 7. The van der Waals surface area contributed by atoms with Crippen LogP contribution in [-0.2, 0) is 4.74 Å². The Hall–Kier alpha value is -3.23. The number of anilines is 2. The molecule has 2 N–H and O–H groups in total. The Morgan fingerprint density at radius 1 is 1.16 bits per heavy atom. The highest BCUT2D eigenvalue weighted by molar-refractivity contribution is 6.04. The fourth-order valence-corrected chi connectivity index (χ4v) is 2.08. The number of hydrogen-bond donors (Lipinski definition) is 2. The van der Waals surface area contributed by atoms with E-state index in [1.807, 2.05) is 0 Å². The van der Waals surface area contributed by atoms with E-state index in [9.17, 15) is 9.59 Å². The number of ether oxygens (including phenoxy) is 3. The lowest BCUT2D eigenvalue weighted by molar-refractivity contribution is 0.0526. The molecule has 0 bridgehead atoms. The Morgan fingerprint density at radius 2 is 1.88 bits per heavy atom. The van der Waals surface area contributed by atoms with E-state index in [2.05, 4.69) is 15.8 Å². The number of carbonyl (C=O) groups is 2. The van der Waals surface area contributed by atoms with Gasteiger partial charge in [0.15, 0.2) is 11.5 Å². The molecule has 1 aromatic heterocycles. The van der Waals surface area contributed by atoms with Crippen molar-refractivity contribution < 1.29 is 28.3 Å².